The van der Waals surface area contributed by atoms with Crippen LogP contribution in [0.2, 0.25) is 0 Å². The molecule has 0 aliphatic carbocycles. The lowest BCUT2D eigenvalue weighted by Crippen LogP contribution is -2.39. The standard InChI is InChI=1S/C15H24N8O4/c1-22(4-2-3-9(24)21-17)5-8-11(25)12(26)15(27-8)23-7-20-10-13(16)18-6-19-14(10)23/h6-8,11-12,15,25-26H,2-5,17H2,1H3,(H,21,24)(H2,16,18,19)/t8-,11-,12-,15-/m1/s1. The van der Waals surface area contributed by atoms with E-state index in [4.69, 9.17) is 16.3 Å². The van der Waals surface area contributed by atoms with E-state index in [0.717, 1.165) is 0 Å². The molecule has 0 aromatic carbocycles. The number of nitrogens with two attached hydrogens (primary N) is 2. The van der Waals surface area contributed by atoms with Crippen LogP contribution < -0.4 is 17.0 Å². The van der Waals surface area contributed by atoms with Gasteiger partial charge in [0.05, 0.1) is 6.33 Å². The van der Waals surface area contributed by atoms with Crippen LogP contribution >= 0.6 is 0 Å². The van der Waals surface area contributed by atoms with E-state index in [-0.39, 0.29) is 11.7 Å². The van der Waals surface area contributed by atoms with Crippen molar-refractivity contribution in [3.8, 4) is 0 Å². The molecule has 1 fully saturated rings. The van der Waals surface area contributed by atoms with Crippen molar-refractivity contribution in [1.29, 1.82) is 0 Å². The van der Waals surface area contributed by atoms with Gasteiger partial charge in [-0.2, -0.15) is 0 Å². The van der Waals surface area contributed by atoms with Crippen LogP contribution in [0.4, 0.5) is 5.82 Å². The predicted octanol–water partition coefficient (Wildman–Crippen LogP) is -2.27. The van der Waals surface area contributed by atoms with Crippen molar-refractivity contribution in [3.05, 3.63) is 12.7 Å². The molecule has 1 aliphatic rings. The van der Waals surface area contributed by atoms with Gasteiger partial charge in [0.25, 0.3) is 0 Å². The molecule has 27 heavy (non-hydrogen) atoms. The summed E-state index contributed by atoms with van der Waals surface area (Å²) in [5.41, 5.74) is 8.68. The van der Waals surface area contributed by atoms with Crippen LogP contribution in [0.15, 0.2) is 12.7 Å². The zero-order chi connectivity index (χ0) is 19.6. The Morgan fingerprint density at radius 1 is 1.37 bits per heavy atom. The molecule has 0 radical (unpaired) electrons. The lowest BCUT2D eigenvalue weighted by atomic mass is 10.1. The number of aromatic nitrogens is 4. The predicted molar refractivity (Wildman–Crippen MR) is 94.7 cm³/mol. The Morgan fingerprint density at radius 2 is 2.15 bits per heavy atom. The number of hydrogen-bond acceptors (Lipinski definition) is 10. The molecule has 148 valence electrons. The summed E-state index contributed by atoms with van der Waals surface area (Å²) in [5, 5.41) is 20.8. The Morgan fingerprint density at radius 3 is 2.89 bits per heavy atom. The molecule has 12 nitrogen and oxygen atoms in total. The molecule has 12 heteroatoms. The number of aliphatic hydroxyl groups is 2. The van der Waals surface area contributed by atoms with Crippen LogP contribution in [-0.4, -0.2) is 79.0 Å². The van der Waals surface area contributed by atoms with E-state index in [1.807, 2.05) is 11.9 Å². The van der Waals surface area contributed by atoms with E-state index in [2.05, 4.69) is 20.4 Å². The van der Waals surface area contributed by atoms with Gasteiger partial charge in [-0.1, -0.05) is 0 Å². The SMILES string of the molecule is CN(CCCC(=O)NN)C[C@H]1O[C@@H](n2cnc3c(N)ncnc32)[C@H](O)[C@@H]1O. The third-order valence-corrected chi connectivity index (χ3v) is 4.59. The molecule has 4 atom stereocenters. The van der Waals surface area contributed by atoms with Crippen LogP contribution in [0.5, 0.6) is 0 Å². The van der Waals surface area contributed by atoms with Crippen LogP contribution in [-0.2, 0) is 9.53 Å². The maximum atomic E-state index is 11.2. The fourth-order valence-corrected chi connectivity index (χ4v) is 3.15. The zero-order valence-corrected chi connectivity index (χ0v) is 14.9. The Bertz CT molecular complexity index is 799. The fraction of sp³-hybridized carbons (Fsp3) is 0.600. The summed E-state index contributed by atoms with van der Waals surface area (Å²) < 4.78 is 7.41. The number of nitrogens with zero attached hydrogens (tertiary/aromatic N) is 5. The number of aliphatic hydroxyl groups excluding tert-OH is 2. The highest BCUT2D eigenvalue weighted by molar-refractivity contribution is 5.81. The number of amides is 1. The van der Waals surface area contributed by atoms with E-state index in [9.17, 15) is 15.0 Å². The van der Waals surface area contributed by atoms with Gasteiger partial charge in [0.2, 0.25) is 5.91 Å². The minimum absolute atomic E-state index is 0.226. The van der Waals surface area contributed by atoms with E-state index < -0.39 is 24.5 Å². The van der Waals surface area contributed by atoms with E-state index >= 15 is 0 Å². The minimum Gasteiger partial charge on any atom is -0.387 e. The van der Waals surface area contributed by atoms with Gasteiger partial charge in [0, 0.05) is 13.0 Å². The quantitative estimate of drug-likeness (QED) is 0.200. The van der Waals surface area contributed by atoms with Crippen LogP contribution in [0.3, 0.4) is 0 Å². The molecular weight excluding hydrogens is 356 g/mol. The van der Waals surface area contributed by atoms with Crippen molar-refractivity contribution in [1.82, 2.24) is 29.8 Å². The normalized spacial score (nSPS) is 25.4. The zero-order valence-electron chi connectivity index (χ0n) is 14.9. The molecule has 7 N–H and O–H groups in total. The van der Waals surface area contributed by atoms with Gasteiger partial charge in [-0.15, -0.1) is 0 Å². The Kier molecular flexibility index (Phi) is 5.82. The minimum atomic E-state index is -1.15. The number of nitrogens with one attached hydrogen (secondary N) is 1. The molecule has 0 saturated carbocycles. The second kappa shape index (κ2) is 8.10. The number of carbonyl (C=O) groups is 1. The number of anilines is 1. The van der Waals surface area contributed by atoms with Gasteiger partial charge in [0.15, 0.2) is 17.7 Å². The van der Waals surface area contributed by atoms with Gasteiger partial charge >= 0.3 is 0 Å². The van der Waals surface area contributed by atoms with Crippen molar-refractivity contribution in [2.75, 3.05) is 25.9 Å². The topological polar surface area (TPSA) is 178 Å². The molecule has 3 rings (SSSR count). The third kappa shape index (κ3) is 3.99. The second-order valence-corrected chi connectivity index (χ2v) is 6.56. The van der Waals surface area contributed by atoms with E-state index in [0.29, 0.717) is 37.1 Å². The molecule has 2 aromatic rings. The average Bonchev–Trinajstić information content (AvgIpc) is 3.19. The molecule has 2 aromatic heterocycles. The van der Waals surface area contributed by atoms with E-state index in [1.54, 1.807) is 0 Å². The van der Waals surface area contributed by atoms with Crippen molar-refractivity contribution < 1.29 is 19.7 Å². The summed E-state index contributed by atoms with van der Waals surface area (Å²) in [6, 6.07) is 0. The first-order valence-corrected chi connectivity index (χ1v) is 8.55. The summed E-state index contributed by atoms with van der Waals surface area (Å²) >= 11 is 0. The molecule has 0 unspecified atom stereocenters. The molecule has 1 amide bonds. The number of fused-ring (bicyclic) bond motifs is 1. The number of likely N-dealkylation sites (N-methyl/N-ethyl adjacent to an activating group) is 1. The second-order valence-electron chi connectivity index (χ2n) is 6.56. The number of hydrogen-bond donors (Lipinski definition) is 5. The fourth-order valence-electron chi connectivity index (χ4n) is 3.15. The Hall–Kier alpha value is -2.38. The highest BCUT2D eigenvalue weighted by atomic mass is 16.6. The number of rotatable bonds is 7. The molecule has 0 bridgehead atoms. The highest BCUT2D eigenvalue weighted by Gasteiger charge is 2.44. The maximum Gasteiger partial charge on any atom is 0.233 e. The Labute approximate surface area is 155 Å². The largest absolute Gasteiger partial charge is 0.387 e. The first-order valence-electron chi connectivity index (χ1n) is 8.55. The summed E-state index contributed by atoms with van der Waals surface area (Å²) in [6.45, 7) is 0.987. The van der Waals surface area contributed by atoms with Crippen molar-refractivity contribution in [2.45, 2.75) is 37.4 Å². The maximum absolute atomic E-state index is 11.2. The molecular formula is C15H24N8O4. The number of hydrazine groups is 1. The monoisotopic (exact) mass is 380 g/mol. The summed E-state index contributed by atoms with van der Waals surface area (Å²) in [6.07, 6.45) is -0.0273. The first kappa shape index (κ1) is 19.4. The average molecular weight is 380 g/mol. The highest BCUT2D eigenvalue weighted by Crippen LogP contribution is 2.32. The lowest BCUT2D eigenvalue weighted by Gasteiger charge is -2.22. The van der Waals surface area contributed by atoms with Gasteiger partial charge in [-0.3, -0.25) is 14.8 Å². The van der Waals surface area contributed by atoms with Crippen LogP contribution in [0, 0.1) is 0 Å². The summed E-state index contributed by atoms with van der Waals surface area (Å²) in [7, 11) is 1.84. The molecule has 3 heterocycles. The lowest BCUT2D eigenvalue weighted by molar-refractivity contribution is -0.121. The molecule has 0 spiro atoms. The number of imidazole rings is 1. The summed E-state index contributed by atoms with van der Waals surface area (Å²) in [4.78, 5) is 25.2. The van der Waals surface area contributed by atoms with Crippen molar-refractivity contribution >= 4 is 22.9 Å². The van der Waals surface area contributed by atoms with Gasteiger partial charge in [-0.05, 0) is 20.0 Å². The molecule has 1 aliphatic heterocycles. The van der Waals surface area contributed by atoms with Gasteiger partial charge in [-0.25, -0.2) is 20.8 Å². The first-order chi connectivity index (χ1) is 12.9. The van der Waals surface area contributed by atoms with Gasteiger partial charge < -0.3 is 25.6 Å². The third-order valence-electron chi connectivity index (χ3n) is 4.59. The number of nitrogen functional groups attached to an aromatic ring is 1. The summed E-state index contributed by atoms with van der Waals surface area (Å²) in [5.74, 6) is 5.04. The van der Waals surface area contributed by atoms with Crippen molar-refractivity contribution in [2.24, 2.45) is 5.84 Å². The smallest absolute Gasteiger partial charge is 0.233 e. The van der Waals surface area contributed by atoms with Crippen LogP contribution in [0.25, 0.3) is 11.2 Å². The van der Waals surface area contributed by atoms with Crippen molar-refractivity contribution in [3.63, 3.8) is 0 Å². The number of carbonyl (C=O) groups excluding carboxylic acids is 1. The van der Waals surface area contributed by atoms with Gasteiger partial charge in [0.1, 0.15) is 30.2 Å². The Balaban J connectivity index is 1.65. The van der Waals surface area contributed by atoms with Crippen LogP contribution in [0.1, 0.15) is 19.1 Å². The molecule has 1 saturated heterocycles. The van der Waals surface area contributed by atoms with E-state index in [1.165, 1.54) is 17.2 Å². The number of ether oxygens (including phenoxy) is 1.